The first-order valence-corrected chi connectivity index (χ1v) is 10.8. The highest BCUT2D eigenvalue weighted by Gasteiger charge is 2.33. The van der Waals surface area contributed by atoms with E-state index in [9.17, 15) is 18.3 Å². The number of alkyl halides is 3. The number of aliphatic hydroxyl groups excluding tert-OH is 1. The molecule has 1 N–H and O–H groups in total. The summed E-state index contributed by atoms with van der Waals surface area (Å²) < 4.78 is 47.3. The molecule has 3 aromatic rings. The summed E-state index contributed by atoms with van der Waals surface area (Å²) in [4.78, 5) is 1.95. The summed E-state index contributed by atoms with van der Waals surface area (Å²) in [6, 6.07) is 13.2. The Balaban J connectivity index is 1.62. The van der Waals surface area contributed by atoms with Crippen LogP contribution in [0, 0.1) is 20.8 Å². The van der Waals surface area contributed by atoms with Crippen molar-refractivity contribution in [2.75, 3.05) is 20.2 Å². The van der Waals surface area contributed by atoms with E-state index in [0.29, 0.717) is 18.8 Å². The lowest BCUT2D eigenvalue weighted by molar-refractivity contribution is -0.138. The summed E-state index contributed by atoms with van der Waals surface area (Å²) in [5.41, 5.74) is 3.17. The van der Waals surface area contributed by atoms with Gasteiger partial charge in [0.2, 0.25) is 0 Å². The second kappa shape index (κ2) is 10.4. The largest absolute Gasteiger partial charge is 0.491 e. The number of hydrogen-bond donors (Lipinski definition) is 1. The number of rotatable bonds is 9. The molecule has 2 aromatic carbocycles. The zero-order valence-corrected chi connectivity index (χ0v) is 19.4. The van der Waals surface area contributed by atoms with Gasteiger partial charge in [0.15, 0.2) is 0 Å². The molecule has 0 aliphatic carbocycles. The Bertz CT molecular complexity index is 1060. The lowest BCUT2D eigenvalue weighted by Gasteiger charge is -2.21. The number of aryl methyl sites for hydroxylation is 2. The van der Waals surface area contributed by atoms with E-state index in [1.807, 2.05) is 57.0 Å². The number of halogens is 3. The van der Waals surface area contributed by atoms with Crippen LogP contribution in [0.3, 0.4) is 0 Å². The van der Waals surface area contributed by atoms with Crippen LogP contribution in [0.4, 0.5) is 13.2 Å². The summed E-state index contributed by atoms with van der Waals surface area (Å²) in [7, 11) is 1.88. The Hall–Kier alpha value is -2.84. The fourth-order valence-electron chi connectivity index (χ4n) is 3.79. The van der Waals surface area contributed by atoms with Crippen molar-refractivity contribution in [3.8, 4) is 5.75 Å². The van der Waals surface area contributed by atoms with E-state index in [2.05, 4.69) is 5.10 Å². The summed E-state index contributed by atoms with van der Waals surface area (Å²) in [6.07, 6.45) is -5.10. The predicted octanol–water partition coefficient (Wildman–Crippen LogP) is 4.75. The van der Waals surface area contributed by atoms with Crippen molar-refractivity contribution < 1.29 is 23.0 Å². The smallest absolute Gasteiger partial charge is 0.416 e. The lowest BCUT2D eigenvalue weighted by Crippen LogP contribution is -2.33. The molecule has 0 spiro atoms. The van der Waals surface area contributed by atoms with Crippen LogP contribution in [0.5, 0.6) is 5.75 Å². The molecule has 178 valence electrons. The highest BCUT2D eigenvalue weighted by molar-refractivity contribution is 5.32. The number of ether oxygens (including phenoxy) is 1. The fourth-order valence-corrected chi connectivity index (χ4v) is 3.79. The van der Waals surface area contributed by atoms with Crippen LogP contribution >= 0.6 is 0 Å². The molecule has 1 heterocycles. The zero-order chi connectivity index (χ0) is 24.2. The van der Waals surface area contributed by atoms with Gasteiger partial charge < -0.3 is 9.84 Å². The first-order chi connectivity index (χ1) is 15.5. The molecular formula is C25H30F3N3O2. The van der Waals surface area contributed by atoms with Gasteiger partial charge in [-0.2, -0.15) is 18.3 Å². The highest BCUT2D eigenvalue weighted by atomic mass is 19.4. The van der Waals surface area contributed by atoms with Crippen LogP contribution in [-0.2, 0) is 19.3 Å². The molecule has 0 radical (unpaired) electrons. The average Bonchev–Trinajstić information content (AvgIpc) is 3.00. The standard InChI is InChI=1S/C25H30F3N3O2/c1-17-9-11-22(12-10-17)33-16-21(32)14-30(4)15-23-18(2)29-31(19(23)3)13-20-7-5-6-8-24(20)25(26,27)28/h5-12,21,32H,13-16H2,1-4H3. The SMILES string of the molecule is Cc1ccc(OCC(O)CN(C)Cc2c(C)nn(Cc3ccccc3C(F)(F)F)c2C)cc1. The topological polar surface area (TPSA) is 50.5 Å². The van der Waals surface area contributed by atoms with Crippen molar-refractivity contribution in [3.63, 3.8) is 0 Å². The molecule has 8 heteroatoms. The summed E-state index contributed by atoms with van der Waals surface area (Å²) in [5.74, 6) is 0.703. The molecule has 0 aliphatic heterocycles. The summed E-state index contributed by atoms with van der Waals surface area (Å²) in [6.45, 7) is 6.80. The van der Waals surface area contributed by atoms with Gasteiger partial charge >= 0.3 is 6.18 Å². The molecule has 0 saturated carbocycles. The Morgan fingerprint density at radius 1 is 1.06 bits per heavy atom. The summed E-state index contributed by atoms with van der Waals surface area (Å²) >= 11 is 0. The molecule has 0 aliphatic rings. The third-order valence-electron chi connectivity index (χ3n) is 5.59. The molecule has 0 saturated heterocycles. The third kappa shape index (κ3) is 6.58. The molecule has 5 nitrogen and oxygen atoms in total. The Kier molecular flexibility index (Phi) is 7.81. The first-order valence-electron chi connectivity index (χ1n) is 10.8. The summed E-state index contributed by atoms with van der Waals surface area (Å²) in [5, 5.41) is 14.8. The minimum absolute atomic E-state index is 0.0408. The number of likely N-dealkylation sites (N-methyl/N-ethyl adjacent to an activating group) is 1. The van der Waals surface area contributed by atoms with Gasteiger partial charge in [0.1, 0.15) is 18.5 Å². The van der Waals surface area contributed by atoms with Gasteiger partial charge in [-0.3, -0.25) is 9.58 Å². The molecule has 1 atom stereocenters. The van der Waals surface area contributed by atoms with Gasteiger partial charge in [-0.1, -0.05) is 35.9 Å². The molecule has 0 amide bonds. The van der Waals surface area contributed by atoms with Crippen LogP contribution in [0.15, 0.2) is 48.5 Å². The maximum Gasteiger partial charge on any atom is 0.416 e. The van der Waals surface area contributed by atoms with Crippen molar-refractivity contribution in [3.05, 3.63) is 82.2 Å². The van der Waals surface area contributed by atoms with Gasteiger partial charge in [0.25, 0.3) is 0 Å². The molecule has 1 unspecified atom stereocenters. The van der Waals surface area contributed by atoms with E-state index in [1.54, 1.807) is 10.7 Å². The third-order valence-corrected chi connectivity index (χ3v) is 5.59. The number of aliphatic hydroxyl groups is 1. The second-order valence-electron chi connectivity index (χ2n) is 8.44. The van der Waals surface area contributed by atoms with Crippen molar-refractivity contribution in [2.45, 2.75) is 46.1 Å². The van der Waals surface area contributed by atoms with Gasteiger partial charge in [0.05, 0.1) is 17.8 Å². The minimum atomic E-state index is -4.41. The molecule has 1 aromatic heterocycles. The predicted molar refractivity (Wildman–Crippen MR) is 121 cm³/mol. The lowest BCUT2D eigenvalue weighted by atomic mass is 10.1. The molecule has 0 bridgehead atoms. The Labute approximate surface area is 192 Å². The van der Waals surface area contributed by atoms with Crippen LogP contribution in [0.1, 0.15) is 33.6 Å². The van der Waals surface area contributed by atoms with Gasteiger partial charge in [-0.25, -0.2) is 0 Å². The zero-order valence-electron chi connectivity index (χ0n) is 19.4. The van der Waals surface area contributed by atoms with Crippen molar-refractivity contribution >= 4 is 0 Å². The van der Waals surface area contributed by atoms with Crippen molar-refractivity contribution in [1.29, 1.82) is 0 Å². The Morgan fingerprint density at radius 3 is 2.39 bits per heavy atom. The number of benzene rings is 2. The van der Waals surface area contributed by atoms with Crippen molar-refractivity contribution in [1.82, 2.24) is 14.7 Å². The van der Waals surface area contributed by atoms with Gasteiger partial charge in [-0.05, 0) is 51.6 Å². The molecule has 0 fully saturated rings. The average molecular weight is 462 g/mol. The van der Waals surface area contributed by atoms with Crippen LogP contribution in [0.2, 0.25) is 0 Å². The maximum absolute atomic E-state index is 13.3. The number of hydrogen-bond acceptors (Lipinski definition) is 4. The molecule has 33 heavy (non-hydrogen) atoms. The van der Waals surface area contributed by atoms with Gasteiger partial charge in [-0.15, -0.1) is 0 Å². The number of aromatic nitrogens is 2. The van der Waals surface area contributed by atoms with Gasteiger partial charge in [0, 0.05) is 24.3 Å². The van der Waals surface area contributed by atoms with E-state index in [-0.39, 0.29) is 18.7 Å². The van der Waals surface area contributed by atoms with E-state index in [1.165, 1.54) is 12.1 Å². The van der Waals surface area contributed by atoms with E-state index in [4.69, 9.17) is 4.74 Å². The van der Waals surface area contributed by atoms with Crippen LogP contribution < -0.4 is 4.74 Å². The molecule has 3 rings (SSSR count). The highest BCUT2D eigenvalue weighted by Crippen LogP contribution is 2.32. The quantitative estimate of drug-likeness (QED) is 0.500. The second-order valence-corrected chi connectivity index (χ2v) is 8.44. The minimum Gasteiger partial charge on any atom is -0.491 e. The van der Waals surface area contributed by atoms with E-state index in [0.717, 1.165) is 28.6 Å². The van der Waals surface area contributed by atoms with Crippen molar-refractivity contribution in [2.24, 2.45) is 0 Å². The normalized spacial score (nSPS) is 12.9. The number of nitrogens with zero attached hydrogens (tertiary/aromatic N) is 3. The maximum atomic E-state index is 13.3. The van der Waals surface area contributed by atoms with E-state index < -0.39 is 17.8 Å². The van der Waals surface area contributed by atoms with E-state index >= 15 is 0 Å². The van der Waals surface area contributed by atoms with Crippen LogP contribution in [-0.4, -0.2) is 46.1 Å². The fraction of sp³-hybridized carbons (Fsp3) is 0.400. The van der Waals surface area contributed by atoms with Crippen LogP contribution in [0.25, 0.3) is 0 Å². The first kappa shape index (κ1) is 24.8. The molecular weight excluding hydrogens is 431 g/mol. The monoisotopic (exact) mass is 461 g/mol. The Morgan fingerprint density at radius 2 is 1.73 bits per heavy atom.